The lowest BCUT2D eigenvalue weighted by Gasteiger charge is -2.01. The van der Waals surface area contributed by atoms with Gasteiger partial charge in [0.1, 0.15) is 0 Å². The topological polar surface area (TPSA) is 64.9 Å². The molecule has 0 bridgehead atoms. The van der Waals surface area contributed by atoms with Crippen LogP contribution in [0.1, 0.15) is 41.7 Å². The van der Waals surface area contributed by atoms with Crippen molar-refractivity contribution in [1.29, 1.82) is 0 Å². The molecule has 94 valence electrons. The molecular formula is C14H17N3O. The third-order valence-corrected chi connectivity index (χ3v) is 3.39. The Kier molecular flexibility index (Phi) is 2.88. The van der Waals surface area contributed by atoms with Crippen LogP contribution in [0.2, 0.25) is 0 Å². The van der Waals surface area contributed by atoms with E-state index in [1.54, 1.807) is 0 Å². The number of rotatable bonds is 4. The van der Waals surface area contributed by atoms with Gasteiger partial charge in [-0.2, -0.15) is 4.98 Å². The van der Waals surface area contributed by atoms with Crippen LogP contribution in [0, 0.1) is 12.8 Å². The molecule has 1 aromatic carbocycles. The highest BCUT2D eigenvalue weighted by Crippen LogP contribution is 2.38. The number of aromatic nitrogens is 2. The largest absolute Gasteiger partial charge is 0.339 e. The van der Waals surface area contributed by atoms with Crippen LogP contribution in [0.5, 0.6) is 0 Å². The Morgan fingerprint density at radius 3 is 2.72 bits per heavy atom. The molecule has 1 saturated carbocycles. The van der Waals surface area contributed by atoms with Crippen molar-refractivity contribution in [3.8, 4) is 0 Å². The van der Waals surface area contributed by atoms with Gasteiger partial charge in [0, 0.05) is 0 Å². The Labute approximate surface area is 106 Å². The number of nitrogens with zero attached hydrogens (tertiary/aromatic N) is 2. The third kappa shape index (κ3) is 2.43. The normalized spacial score (nSPS) is 16.8. The lowest BCUT2D eigenvalue weighted by atomic mass is 10.1. The van der Waals surface area contributed by atoms with Crippen LogP contribution in [0.25, 0.3) is 0 Å². The van der Waals surface area contributed by atoms with E-state index in [0.717, 1.165) is 0 Å². The Morgan fingerprint density at radius 2 is 2.06 bits per heavy atom. The van der Waals surface area contributed by atoms with Crippen molar-refractivity contribution >= 4 is 0 Å². The van der Waals surface area contributed by atoms with Crippen molar-refractivity contribution in [3.05, 3.63) is 47.1 Å². The molecule has 0 spiro atoms. The SMILES string of the molecule is Cc1ccc(Cc2nc(C(N)C3CC3)no2)cc1. The molecule has 2 N–H and O–H groups in total. The number of hydrogen-bond donors (Lipinski definition) is 1. The molecule has 1 heterocycles. The van der Waals surface area contributed by atoms with Crippen molar-refractivity contribution in [1.82, 2.24) is 10.1 Å². The summed E-state index contributed by atoms with van der Waals surface area (Å²) in [6, 6.07) is 8.28. The van der Waals surface area contributed by atoms with Crippen molar-refractivity contribution in [3.63, 3.8) is 0 Å². The maximum absolute atomic E-state index is 6.04. The molecule has 1 fully saturated rings. The molecule has 4 nitrogen and oxygen atoms in total. The molecule has 0 aliphatic heterocycles. The van der Waals surface area contributed by atoms with Gasteiger partial charge in [-0.25, -0.2) is 0 Å². The first-order valence-electron chi connectivity index (χ1n) is 6.36. The molecule has 18 heavy (non-hydrogen) atoms. The van der Waals surface area contributed by atoms with Gasteiger partial charge in [-0.3, -0.25) is 0 Å². The zero-order chi connectivity index (χ0) is 12.5. The summed E-state index contributed by atoms with van der Waals surface area (Å²) < 4.78 is 5.26. The molecule has 1 aliphatic rings. The second-order valence-electron chi connectivity index (χ2n) is 5.07. The second-order valence-corrected chi connectivity index (χ2v) is 5.07. The van der Waals surface area contributed by atoms with Gasteiger partial charge in [-0.05, 0) is 31.2 Å². The minimum atomic E-state index is -0.0551. The molecule has 1 aromatic heterocycles. The standard InChI is InChI=1S/C14H17N3O/c1-9-2-4-10(5-3-9)8-12-16-14(17-18-12)13(15)11-6-7-11/h2-5,11,13H,6-8,15H2,1H3. The fourth-order valence-corrected chi connectivity index (χ4v) is 2.02. The monoisotopic (exact) mass is 243 g/mol. The maximum Gasteiger partial charge on any atom is 0.231 e. The predicted octanol–water partition coefficient (Wildman–Crippen LogP) is 2.38. The van der Waals surface area contributed by atoms with Gasteiger partial charge >= 0.3 is 0 Å². The average Bonchev–Trinajstić information content (AvgIpc) is 3.12. The van der Waals surface area contributed by atoms with Gasteiger partial charge in [-0.15, -0.1) is 0 Å². The van der Waals surface area contributed by atoms with E-state index in [0.29, 0.717) is 24.1 Å². The van der Waals surface area contributed by atoms with Crippen LogP contribution < -0.4 is 5.73 Å². The summed E-state index contributed by atoms with van der Waals surface area (Å²) in [5, 5.41) is 3.98. The average molecular weight is 243 g/mol. The van der Waals surface area contributed by atoms with E-state index < -0.39 is 0 Å². The molecule has 1 atom stereocenters. The van der Waals surface area contributed by atoms with Crippen LogP contribution in [0.15, 0.2) is 28.8 Å². The molecular weight excluding hydrogens is 226 g/mol. The number of aryl methyl sites for hydroxylation is 1. The van der Waals surface area contributed by atoms with Crippen molar-refractivity contribution in [2.45, 2.75) is 32.2 Å². The number of benzene rings is 1. The fraction of sp³-hybridized carbons (Fsp3) is 0.429. The molecule has 0 amide bonds. The van der Waals surface area contributed by atoms with E-state index in [2.05, 4.69) is 41.3 Å². The van der Waals surface area contributed by atoms with Crippen LogP contribution in [0.4, 0.5) is 0 Å². The van der Waals surface area contributed by atoms with Crippen LogP contribution >= 0.6 is 0 Å². The molecule has 0 radical (unpaired) electrons. The number of nitrogens with two attached hydrogens (primary N) is 1. The molecule has 0 saturated heterocycles. The van der Waals surface area contributed by atoms with E-state index in [-0.39, 0.29) is 6.04 Å². The van der Waals surface area contributed by atoms with Crippen molar-refractivity contribution in [2.75, 3.05) is 0 Å². The lowest BCUT2D eigenvalue weighted by molar-refractivity contribution is 0.373. The van der Waals surface area contributed by atoms with E-state index in [4.69, 9.17) is 10.3 Å². The highest BCUT2D eigenvalue weighted by Gasteiger charge is 2.32. The van der Waals surface area contributed by atoms with Crippen LogP contribution in [-0.4, -0.2) is 10.1 Å². The lowest BCUT2D eigenvalue weighted by Crippen LogP contribution is -2.14. The van der Waals surface area contributed by atoms with Crippen molar-refractivity contribution < 1.29 is 4.52 Å². The zero-order valence-corrected chi connectivity index (χ0v) is 10.5. The van der Waals surface area contributed by atoms with E-state index in [9.17, 15) is 0 Å². The van der Waals surface area contributed by atoms with Gasteiger partial charge in [0.15, 0.2) is 5.82 Å². The molecule has 1 unspecified atom stereocenters. The van der Waals surface area contributed by atoms with Gasteiger partial charge in [-0.1, -0.05) is 35.0 Å². The Bertz CT molecular complexity index is 528. The predicted molar refractivity (Wildman–Crippen MR) is 67.9 cm³/mol. The Balaban J connectivity index is 1.71. The maximum atomic E-state index is 6.04. The fourth-order valence-electron chi connectivity index (χ4n) is 2.02. The molecule has 4 heteroatoms. The molecule has 1 aliphatic carbocycles. The first-order valence-corrected chi connectivity index (χ1v) is 6.36. The second kappa shape index (κ2) is 4.53. The zero-order valence-electron chi connectivity index (χ0n) is 10.5. The van der Waals surface area contributed by atoms with E-state index in [1.165, 1.54) is 24.0 Å². The summed E-state index contributed by atoms with van der Waals surface area (Å²) in [5.74, 6) is 1.85. The summed E-state index contributed by atoms with van der Waals surface area (Å²) in [5.41, 5.74) is 8.47. The Hall–Kier alpha value is -1.68. The minimum Gasteiger partial charge on any atom is -0.339 e. The van der Waals surface area contributed by atoms with E-state index in [1.807, 2.05) is 0 Å². The Morgan fingerprint density at radius 1 is 1.33 bits per heavy atom. The quantitative estimate of drug-likeness (QED) is 0.895. The summed E-state index contributed by atoms with van der Waals surface area (Å²) in [6.07, 6.45) is 3.04. The summed E-state index contributed by atoms with van der Waals surface area (Å²) >= 11 is 0. The third-order valence-electron chi connectivity index (χ3n) is 3.39. The van der Waals surface area contributed by atoms with Gasteiger partial charge < -0.3 is 10.3 Å². The number of hydrogen-bond acceptors (Lipinski definition) is 4. The highest BCUT2D eigenvalue weighted by molar-refractivity contribution is 5.23. The summed E-state index contributed by atoms with van der Waals surface area (Å²) in [7, 11) is 0. The summed E-state index contributed by atoms with van der Waals surface area (Å²) in [4.78, 5) is 4.39. The molecule has 2 aromatic rings. The van der Waals surface area contributed by atoms with Gasteiger partial charge in [0.2, 0.25) is 5.89 Å². The van der Waals surface area contributed by atoms with Crippen molar-refractivity contribution in [2.24, 2.45) is 11.7 Å². The molecule has 3 rings (SSSR count). The first-order chi connectivity index (χ1) is 8.72. The first kappa shape index (κ1) is 11.4. The van der Waals surface area contributed by atoms with E-state index >= 15 is 0 Å². The highest BCUT2D eigenvalue weighted by atomic mass is 16.5. The van der Waals surface area contributed by atoms with Gasteiger partial charge in [0.25, 0.3) is 0 Å². The van der Waals surface area contributed by atoms with Gasteiger partial charge in [0.05, 0.1) is 12.5 Å². The van der Waals surface area contributed by atoms with Crippen LogP contribution in [0.3, 0.4) is 0 Å². The smallest absolute Gasteiger partial charge is 0.231 e. The minimum absolute atomic E-state index is 0.0551. The summed E-state index contributed by atoms with van der Waals surface area (Å²) in [6.45, 7) is 2.07. The van der Waals surface area contributed by atoms with Crippen LogP contribution in [-0.2, 0) is 6.42 Å².